The molecule has 0 amide bonds. The van der Waals surface area contributed by atoms with E-state index in [-0.39, 0.29) is 42.7 Å². The van der Waals surface area contributed by atoms with Crippen molar-refractivity contribution in [1.29, 1.82) is 0 Å². The number of hydrogen-bond donors (Lipinski definition) is 0. The molecule has 8 aromatic carbocycles. The fourth-order valence-electron chi connectivity index (χ4n) is 10.9. The smallest absolute Gasteiger partial charge is 0.135 e. The third-order valence-electron chi connectivity index (χ3n) is 16.1. The Morgan fingerprint density at radius 1 is 0.416 bits per heavy atom. The molecule has 0 spiro atoms. The van der Waals surface area contributed by atoms with E-state index in [1.807, 2.05) is 12.3 Å². The molecule has 0 unspecified atom stereocenters. The van der Waals surface area contributed by atoms with Gasteiger partial charge in [-0.2, -0.15) is 6.07 Å². The van der Waals surface area contributed by atoms with Crippen molar-refractivity contribution >= 4 is 44.6 Å². The number of aromatic nitrogens is 2. The monoisotopic (exact) mass is 1190 g/mol. The normalized spacial score (nSPS) is 13.2. The van der Waals surface area contributed by atoms with Crippen molar-refractivity contribution in [3.8, 4) is 17.3 Å². The summed E-state index contributed by atoms with van der Waals surface area (Å²) in [7, 11) is 0. The zero-order chi connectivity index (χ0) is 53.4. The largest absolute Gasteiger partial charge is 0.509 e. The standard InChI is InChI=1S/C71H69N4O.Pt/c1-67(2,3)51-32-35-63-65(43-51)74(56-39-53(69(7,8)48-24-16-13-17-25-48)38-54(40-56)70(9,10)49-26-18-14-19-27-49)47-73(63)57-41-55(71(11,12)50-28-20-15-21-29-50)42-59(45-57)76-58-33-34-61-60-30-22-23-31-62(60)75(64(61)46-58)66-44-52(36-37-72-66)68(4,5)6;/h13-44,47H,1-12H3;/q-3;. The summed E-state index contributed by atoms with van der Waals surface area (Å²) in [5.41, 5.74) is 14.7. The second-order valence-corrected chi connectivity index (χ2v) is 24.4. The van der Waals surface area contributed by atoms with Gasteiger partial charge in [-0.15, -0.1) is 53.6 Å². The van der Waals surface area contributed by atoms with E-state index in [0.717, 1.165) is 55.9 Å². The molecule has 0 N–H and O–H groups in total. The van der Waals surface area contributed by atoms with Gasteiger partial charge in [-0.3, -0.25) is 0 Å². The van der Waals surface area contributed by atoms with Gasteiger partial charge < -0.3 is 19.1 Å². The molecule has 0 saturated carbocycles. The minimum Gasteiger partial charge on any atom is -0.509 e. The Bertz CT molecular complexity index is 3700. The predicted molar refractivity (Wildman–Crippen MR) is 317 cm³/mol. The molecule has 0 aliphatic carbocycles. The molecule has 5 nitrogen and oxygen atoms in total. The van der Waals surface area contributed by atoms with E-state index >= 15 is 0 Å². The molecule has 77 heavy (non-hydrogen) atoms. The van der Waals surface area contributed by atoms with Gasteiger partial charge in [-0.1, -0.05) is 210 Å². The van der Waals surface area contributed by atoms with Crippen LogP contribution in [0, 0.1) is 18.8 Å². The number of hydrogen-bond acceptors (Lipinski definition) is 4. The second kappa shape index (κ2) is 20.0. The summed E-state index contributed by atoms with van der Waals surface area (Å²) in [6.45, 7) is 29.8. The molecule has 0 saturated heterocycles. The number of anilines is 4. The van der Waals surface area contributed by atoms with Gasteiger partial charge >= 0.3 is 0 Å². The van der Waals surface area contributed by atoms with Gasteiger partial charge in [0.25, 0.3) is 0 Å². The van der Waals surface area contributed by atoms with Crippen LogP contribution in [-0.2, 0) is 48.1 Å². The second-order valence-electron chi connectivity index (χ2n) is 24.4. The molecule has 1 aliphatic heterocycles. The van der Waals surface area contributed by atoms with E-state index in [4.69, 9.17) is 9.72 Å². The van der Waals surface area contributed by atoms with Gasteiger partial charge in [-0.05, 0) is 103 Å². The number of nitrogens with zero attached hydrogens (tertiary/aromatic N) is 4. The van der Waals surface area contributed by atoms with Gasteiger partial charge in [0.05, 0.1) is 0 Å². The van der Waals surface area contributed by atoms with Gasteiger partial charge in [0, 0.05) is 72.2 Å². The maximum Gasteiger partial charge on any atom is 0.135 e. The molecule has 0 radical (unpaired) electrons. The fraction of sp³-hybridized carbons (Fsp3) is 0.239. The third kappa shape index (κ3) is 9.93. The molecule has 1 aliphatic rings. The molecule has 0 bridgehead atoms. The average Bonchev–Trinajstić information content (AvgIpc) is 4.09. The molecular weight excluding hydrogens is 1120 g/mol. The van der Waals surface area contributed by atoms with Crippen LogP contribution in [0.1, 0.15) is 128 Å². The van der Waals surface area contributed by atoms with Gasteiger partial charge in [0.15, 0.2) is 0 Å². The summed E-state index contributed by atoms with van der Waals surface area (Å²) >= 11 is 0. The zero-order valence-electron chi connectivity index (χ0n) is 46.6. The van der Waals surface area contributed by atoms with Crippen LogP contribution < -0.4 is 14.5 Å². The van der Waals surface area contributed by atoms with Crippen molar-refractivity contribution in [2.75, 3.05) is 9.80 Å². The van der Waals surface area contributed by atoms with E-state index < -0.39 is 5.41 Å². The quantitative estimate of drug-likeness (QED) is 0.121. The maximum absolute atomic E-state index is 7.08. The first-order chi connectivity index (χ1) is 36.2. The topological polar surface area (TPSA) is 33.5 Å². The number of benzene rings is 8. The summed E-state index contributed by atoms with van der Waals surface area (Å²) in [6, 6.07) is 75.8. The fourth-order valence-corrected chi connectivity index (χ4v) is 10.9. The Balaban J connectivity index is 0.00000672. The molecule has 392 valence electrons. The van der Waals surface area contributed by atoms with E-state index in [2.05, 4.69) is 298 Å². The van der Waals surface area contributed by atoms with E-state index in [1.54, 1.807) is 0 Å². The molecule has 11 rings (SSSR count). The van der Waals surface area contributed by atoms with Crippen molar-refractivity contribution in [1.82, 2.24) is 9.55 Å². The number of rotatable bonds is 11. The van der Waals surface area contributed by atoms with Crippen LogP contribution in [-0.4, -0.2) is 9.55 Å². The Hall–Kier alpha value is -7.20. The van der Waals surface area contributed by atoms with Crippen LogP contribution in [0.4, 0.5) is 22.7 Å². The minimum absolute atomic E-state index is 0. The summed E-state index contributed by atoms with van der Waals surface area (Å²) in [6.07, 6.45) is 1.92. The van der Waals surface area contributed by atoms with Crippen molar-refractivity contribution in [3.05, 3.63) is 258 Å². The van der Waals surface area contributed by atoms with Crippen LogP contribution in [0.5, 0.6) is 11.5 Å². The van der Waals surface area contributed by atoms with E-state index in [0.29, 0.717) is 11.5 Å². The summed E-state index contributed by atoms with van der Waals surface area (Å²) < 4.78 is 9.30. The number of pyridine rings is 1. The Morgan fingerprint density at radius 2 is 0.948 bits per heavy atom. The summed E-state index contributed by atoms with van der Waals surface area (Å²) in [5.74, 6) is 2.04. The molecule has 3 heterocycles. The minimum atomic E-state index is -0.402. The first-order valence-corrected chi connectivity index (χ1v) is 26.8. The Morgan fingerprint density at radius 3 is 1.52 bits per heavy atom. The van der Waals surface area contributed by atoms with Gasteiger partial charge in [0.1, 0.15) is 5.82 Å². The first-order valence-electron chi connectivity index (χ1n) is 26.8. The molecule has 6 heteroatoms. The van der Waals surface area contributed by atoms with Crippen LogP contribution >= 0.6 is 0 Å². The summed E-state index contributed by atoms with van der Waals surface area (Å²) in [5, 5.41) is 2.22. The van der Waals surface area contributed by atoms with Crippen molar-refractivity contribution in [2.45, 2.75) is 110 Å². The zero-order valence-corrected chi connectivity index (χ0v) is 48.8. The maximum atomic E-state index is 7.08. The average molecular weight is 1190 g/mol. The number of fused-ring (bicyclic) bond motifs is 4. The molecule has 0 atom stereocenters. The van der Waals surface area contributed by atoms with Crippen molar-refractivity contribution in [3.63, 3.8) is 0 Å². The first kappa shape index (κ1) is 53.2. The molecule has 0 fully saturated rings. The van der Waals surface area contributed by atoms with Crippen LogP contribution in [0.25, 0.3) is 27.6 Å². The van der Waals surface area contributed by atoms with Crippen molar-refractivity contribution < 1.29 is 25.8 Å². The molecule has 2 aromatic heterocycles. The van der Waals surface area contributed by atoms with Crippen LogP contribution in [0.3, 0.4) is 0 Å². The van der Waals surface area contributed by atoms with Gasteiger partial charge in [0.2, 0.25) is 0 Å². The third-order valence-corrected chi connectivity index (χ3v) is 16.1. The molecule has 10 aromatic rings. The van der Waals surface area contributed by atoms with E-state index in [9.17, 15) is 0 Å². The Labute approximate surface area is 471 Å². The Kier molecular flexibility index (Phi) is 13.8. The van der Waals surface area contributed by atoms with Crippen LogP contribution in [0.15, 0.2) is 194 Å². The predicted octanol–water partition coefficient (Wildman–Crippen LogP) is 18.6. The number of ether oxygens (including phenoxy) is 1. The van der Waals surface area contributed by atoms with Crippen LogP contribution in [0.2, 0.25) is 0 Å². The summed E-state index contributed by atoms with van der Waals surface area (Å²) in [4.78, 5) is 9.64. The number of para-hydroxylation sites is 1. The van der Waals surface area contributed by atoms with E-state index in [1.165, 1.54) is 38.9 Å². The van der Waals surface area contributed by atoms with Gasteiger partial charge in [-0.25, -0.2) is 4.98 Å². The molecular formula is C71H69N4OPt-3. The SMILES string of the molecule is CC(C)(C)c1ccnc(-n2c3[c-]c(Oc4[c-]c(N5[CH-]N(c6cc(C(C)(C)c7ccccc7)cc(C(C)(C)c7ccccc7)c6)c6cc(C(C)(C)C)ccc65)cc(C(C)(C)c5ccccc5)c4)ccc3c3ccccc32)c1.[Pt]. The van der Waals surface area contributed by atoms with Crippen molar-refractivity contribution in [2.24, 2.45) is 0 Å².